The average molecular weight is 532 g/mol. The van der Waals surface area contributed by atoms with Gasteiger partial charge in [-0.3, -0.25) is 4.99 Å². The largest absolute Gasteiger partial charge is 0.504 e. The molecule has 0 aliphatic heterocycles. The van der Waals surface area contributed by atoms with Crippen molar-refractivity contribution >= 4 is 62.9 Å². The first-order valence-corrected chi connectivity index (χ1v) is 14.1. The second kappa shape index (κ2) is 11.2. The van der Waals surface area contributed by atoms with Crippen LogP contribution in [0.1, 0.15) is 53.9 Å². The Morgan fingerprint density at radius 2 is 1.82 bits per heavy atom. The standard InChI is InChI=1S/C21H33N5O3S4/c1-8-26(9-2)33(28,29)21-18(27)17(14(7)32-21)24-20(25-30)19(22)23-16(11(3)4)15-10-12(5)13(6)31-15/h10-11,16,27,30H,8-9H2,1-7H3,(H2,22,23)(H,24,25)/t16-/m1/s1. The van der Waals surface area contributed by atoms with Crippen molar-refractivity contribution in [2.24, 2.45) is 21.6 Å². The molecule has 0 radical (unpaired) electrons. The van der Waals surface area contributed by atoms with Gasteiger partial charge in [-0.2, -0.15) is 4.31 Å². The van der Waals surface area contributed by atoms with E-state index < -0.39 is 15.8 Å². The molecule has 0 fully saturated rings. The summed E-state index contributed by atoms with van der Waals surface area (Å²) in [6.45, 7) is 14.1. The molecule has 0 spiro atoms. The van der Waals surface area contributed by atoms with Gasteiger partial charge in [-0.15, -0.1) is 22.7 Å². The first-order valence-electron chi connectivity index (χ1n) is 10.6. The first-order chi connectivity index (χ1) is 15.4. The van der Waals surface area contributed by atoms with Crippen LogP contribution < -0.4 is 10.5 Å². The Labute approximate surface area is 210 Å². The normalized spacial score (nSPS) is 14.4. The molecule has 0 unspecified atom stereocenters. The van der Waals surface area contributed by atoms with Gasteiger partial charge in [0.15, 0.2) is 21.6 Å². The Kier molecular flexibility index (Phi) is 9.40. The first kappa shape index (κ1) is 27.6. The number of hydrogen-bond donors (Lipinski definition) is 4. The predicted octanol–water partition coefficient (Wildman–Crippen LogP) is 4.69. The van der Waals surface area contributed by atoms with Gasteiger partial charge < -0.3 is 15.6 Å². The molecule has 2 heterocycles. The zero-order valence-electron chi connectivity index (χ0n) is 20.0. The van der Waals surface area contributed by atoms with Crippen LogP contribution in [0.5, 0.6) is 5.75 Å². The Morgan fingerprint density at radius 3 is 2.27 bits per heavy atom. The topological polar surface area (TPSA) is 120 Å². The molecule has 8 nitrogen and oxygen atoms in total. The van der Waals surface area contributed by atoms with Crippen LogP contribution >= 0.6 is 35.5 Å². The lowest BCUT2D eigenvalue weighted by atomic mass is 10.0. The Bertz CT molecular complexity index is 1130. The van der Waals surface area contributed by atoms with Gasteiger partial charge in [0.2, 0.25) is 0 Å². The van der Waals surface area contributed by atoms with Crippen molar-refractivity contribution in [2.75, 3.05) is 13.1 Å². The van der Waals surface area contributed by atoms with Gasteiger partial charge in [0, 0.05) is 27.7 Å². The number of thiophene rings is 2. The molecule has 33 heavy (non-hydrogen) atoms. The SMILES string of the molecule is CCN(CC)S(=O)(=O)c1sc(C)c(N=C(NS)C(N)=N[C@@H](c2cc(C)c(C)s2)C(C)C)c1O. The molecule has 4 N–H and O–H groups in total. The fraction of sp³-hybridized carbons (Fsp3) is 0.524. The molecule has 0 bridgehead atoms. The highest BCUT2D eigenvalue weighted by Crippen LogP contribution is 2.44. The molecule has 1 atom stereocenters. The summed E-state index contributed by atoms with van der Waals surface area (Å²) in [6.07, 6.45) is 0. The highest BCUT2D eigenvalue weighted by atomic mass is 32.2. The number of amidine groups is 2. The monoisotopic (exact) mass is 531 g/mol. The molecule has 0 aliphatic rings. The number of nitrogens with two attached hydrogens (primary N) is 1. The lowest BCUT2D eigenvalue weighted by molar-refractivity contribution is 0.434. The number of aromatic hydroxyl groups is 1. The summed E-state index contributed by atoms with van der Waals surface area (Å²) < 4.78 is 29.6. The minimum Gasteiger partial charge on any atom is -0.504 e. The maximum Gasteiger partial charge on any atom is 0.256 e. The lowest BCUT2D eigenvalue weighted by Gasteiger charge is -2.17. The number of thiol groups is 1. The van der Waals surface area contributed by atoms with Gasteiger partial charge in [0.05, 0.1) is 6.04 Å². The Morgan fingerprint density at radius 1 is 1.21 bits per heavy atom. The van der Waals surface area contributed by atoms with Gasteiger partial charge in [0.1, 0.15) is 5.69 Å². The zero-order chi connectivity index (χ0) is 25.1. The second-order valence-electron chi connectivity index (χ2n) is 7.90. The van der Waals surface area contributed by atoms with Crippen LogP contribution in [0.3, 0.4) is 0 Å². The van der Waals surface area contributed by atoms with Gasteiger partial charge in [0.25, 0.3) is 10.0 Å². The maximum atomic E-state index is 12.9. The quantitative estimate of drug-likeness (QED) is 0.224. The fourth-order valence-electron chi connectivity index (χ4n) is 3.24. The van der Waals surface area contributed by atoms with Crippen LogP contribution in [0.25, 0.3) is 0 Å². The number of nitrogens with one attached hydrogen (secondary N) is 1. The van der Waals surface area contributed by atoms with Crippen molar-refractivity contribution in [1.82, 2.24) is 9.03 Å². The third kappa shape index (κ3) is 5.91. The molecule has 0 saturated carbocycles. The zero-order valence-corrected chi connectivity index (χ0v) is 23.3. The van der Waals surface area contributed by atoms with Crippen molar-refractivity contribution in [2.45, 2.75) is 58.7 Å². The molecule has 0 amide bonds. The van der Waals surface area contributed by atoms with E-state index in [0.29, 0.717) is 18.0 Å². The highest BCUT2D eigenvalue weighted by Gasteiger charge is 2.30. The number of sulfonamides is 1. The molecule has 0 aromatic carbocycles. The summed E-state index contributed by atoms with van der Waals surface area (Å²) in [5, 5.41) is 10.8. The van der Waals surface area contributed by atoms with Crippen molar-refractivity contribution in [3.63, 3.8) is 0 Å². The smallest absolute Gasteiger partial charge is 0.256 e. The van der Waals surface area contributed by atoms with Gasteiger partial charge in [-0.1, -0.05) is 40.5 Å². The fourth-order valence-corrected chi connectivity index (χ4v) is 7.74. The van der Waals surface area contributed by atoms with Crippen LogP contribution in [0.2, 0.25) is 0 Å². The van der Waals surface area contributed by atoms with Crippen LogP contribution in [-0.4, -0.2) is 42.6 Å². The summed E-state index contributed by atoms with van der Waals surface area (Å²) in [5.74, 6) is 0.0370. The maximum absolute atomic E-state index is 12.9. The van der Waals surface area contributed by atoms with E-state index in [1.165, 1.54) is 14.7 Å². The van der Waals surface area contributed by atoms with Gasteiger partial charge >= 0.3 is 0 Å². The molecular weight excluding hydrogens is 499 g/mol. The third-order valence-corrected chi connectivity index (χ3v) is 10.3. The van der Waals surface area contributed by atoms with E-state index >= 15 is 0 Å². The van der Waals surface area contributed by atoms with E-state index in [1.807, 2.05) is 0 Å². The number of hydrogen-bond acceptors (Lipinski definition) is 8. The van der Waals surface area contributed by atoms with Gasteiger partial charge in [-0.25, -0.2) is 13.4 Å². The third-order valence-electron chi connectivity index (χ3n) is 5.23. The highest BCUT2D eigenvalue weighted by molar-refractivity contribution is 7.91. The number of nitrogens with zero attached hydrogens (tertiary/aromatic N) is 3. The molecule has 0 aliphatic carbocycles. The number of rotatable bonds is 8. The number of aryl methyl sites for hydroxylation is 3. The Balaban J connectivity index is 2.53. The van der Waals surface area contributed by atoms with Crippen molar-refractivity contribution < 1.29 is 13.5 Å². The minimum atomic E-state index is -3.83. The van der Waals surface area contributed by atoms with Crippen LogP contribution in [0, 0.1) is 26.7 Å². The Hall–Kier alpha value is -1.60. The van der Waals surface area contributed by atoms with E-state index in [1.54, 1.807) is 32.1 Å². The summed E-state index contributed by atoms with van der Waals surface area (Å²) >= 11 is 6.77. The molecule has 2 aromatic rings. The predicted molar refractivity (Wildman–Crippen MR) is 143 cm³/mol. The van der Waals surface area contributed by atoms with E-state index in [0.717, 1.165) is 16.2 Å². The van der Waals surface area contributed by atoms with E-state index in [-0.39, 0.29) is 33.5 Å². The summed E-state index contributed by atoms with van der Waals surface area (Å²) in [7, 11) is -3.83. The second-order valence-corrected chi connectivity index (χ2v) is 12.8. The van der Waals surface area contributed by atoms with Crippen LogP contribution in [0.4, 0.5) is 5.69 Å². The van der Waals surface area contributed by atoms with E-state index in [9.17, 15) is 13.5 Å². The van der Waals surface area contributed by atoms with E-state index in [2.05, 4.69) is 56.3 Å². The summed E-state index contributed by atoms with van der Waals surface area (Å²) in [5.41, 5.74) is 7.62. The lowest BCUT2D eigenvalue weighted by Crippen LogP contribution is -2.32. The van der Waals surface area contributed by atoms with Crippen molar-refractivity contribution in [1.29, 1.82) is 0 Å². The molecule has 184 valence electrons. The van der Waals surface area contributed by atoms with Gasteiger partial charge in [-0.05, 0) is 38.3 Å². The summed E-state index contributed by atoms with van der Waals surface area (Å²) in [4.78, 5) is 12.0. The van der Waals surface area contributed by atoms with Crippen LogP contribution in [-0.2, 0) is 10.0 Å². The average Bonchev–Trinajstić information content (AvgIpc) is 3.22. The molecule has 12 heteroatoms. The molecule has 2 aromatic heterocycles. The van der Waals surface area contributed by atoms with E-state index in [4.69, 9.17) is 10.7 Å². The van der Waals surface area contributed by atoms with Crippen molar-refractivity contribution in [3.05, 3.63) is 26.3 Å². The van der Waals surface area contributed by atoms with Crippen LogP contribution in [0.15, 0.2) is 20.3 Å². The summed E-state index contributed by atoms with van der Waals surface area (Å²) in [6, 6.07) is 1.94. The molecule has 0 saturated heterocycles. The minimum absolute atomic E-state index is 0.116. The molecular formula is C21H33N5O3S4. The van der Waals surface area contributed by atoms with Crippen molar-refractivity contribution in [3.8, 4) is 5.75 Å². The number of aliphatic imine (C=N–C) groups is 2. The molecule has 2 rings (SSSR count).